The zero-order valence-electron chi connectivity index (χ0n) is 29.9. The van der Waals surface area contributed by atoms with Crippen molar-refractivity contribution in [2.24, 2.45) is 0 Å². The Balaban J connectivity index is 1.14. The van der Waals surface area contributed by atoms with E-state index in [0.717, 1.165) is 23.5 Å². The number of anilines is 5. The van der Waals surface area contributed by atoms with E-state index in [1.807, 2.05) is 0 Å². The molecule has 1 atom stereocenters. The molecule has 54 heavy (non-hydrogen) atoms. The van der Waals surface area contributed by atoms with E-state index in [9.17, 15) is 0 Å². The van der Waals surface area contributed by atoms with Crippen LogP contribution in [0.5, 0.6) is 0 Å². The lowest BCUT2D eigenvalue weighted by Crippen LogP contribution is -2.30. The summed E-state index contributed by atoms with van der Waals surface area (Å²) in [4.78, 5) is 4.94. The number of hydrogen-bond donors (Lipinski definition) is 0. The van der Waals surface area contributed by atoms with Crippen molar-refractivity contribution in [3.05, 3.63) is 212 Å². The van der Waals surface area contributed by atoms with Crippen molar-refractivity contribution in [2.75, 3.05) is 9.80 Å². The molecular formula is C52H38N2. The summed E-state index contributed by atoms with van der Waals surface area (Å²) in [6.07, 6.45) is 9.90. The fraction of sp³-hybridized carbons (Fsp3) is 0.0385. The quantitative estimate of drug-likeness (QED) is 0.146. The standard InChI is InChI=1S/C52H38N2/c1-5-13-37(14-6-1)39-21-29-45(30-22-39)53(43-17-9-3-10-18-43)49-35-27-41-26-34-48-50(36-28-42-25-33-47(49)51(41)52(42)48)54(44-19-11-4-12-20-44)46-31-23-40(24-32-46)38-15-7-2-8-16-38/h1-19,21-36,44H,20H2. The Bertz CT molecular complexity index is 2770. The molecular weight excluding hydrogens is 653 g/mol. The highest BCUT2D eigenvalue weighted by Gasteiger charge is 2.24. The van der Waals surface area contributed by atoms with Crippen LogP contribution >= 0.6 is 0 Å². The second-order valence-electron chi connectivity index (χ2n) is 14.1. The van der Waals surface area contributed by atoms with E-state index < -0.39 is 0 Å². The van der Waals surface area contributed by atoms with Crippen molar-refractivity contribution in [1.82, 2.24) is 0 Å². The Morgan fingerprint density at radius 1 is 0.370 bits per heavy atom. The van der Waals surface area contributed by atoms with Crippen molar-refractivity contribution >= 4 is 60.8 Å². The Labute approximate surface area is 316 Å². The summed E-state index contributed by atoms with van der Waals surface area (Å²) in [7, 11) is 0. The molecule has 0 heterocycles. The van der Waals surface area contributed by atoms with Crippen molar-refractivity contribution in [3.63, 3.8) is 0 Å². The highest BCUT2D eigenvalue weighted by Crippen LogP contribution is 2.47. The predicted octanol–water partition coefficient (Wildman–Crippen LogP) is 14.4. The van der Waals surface area contributed by atoms with Crippen LogP contribution in [0.1, 0.15) is 6.42 Å². The molecule has 0 radical (unpaired) electrons. The predicted molar refractivity (Wildman–Crippen MR) is 231 cm³/mol. The number of nitrogens with zero attached hydrogens (tertiary/aromatic N) is 2. The van der Waals surface area contributed by atoms with Gasteiger partial charge < -0.3 is 9.80 Å². The third-order valence-corrected chi connectivity index (χ3v) is 10.9. The average Bonchev–Trinajstić information content (AvgIpc) is 3.26. The van der Waals surface area contributed by atoms with E-state index in [-0.39, 0.29) is 6.04 Å². The monoisotopic (exact) mass is 690 g/mol. The number of rotatable bonds is 8. The molecule has 10 rings (SSSR count). The molecule has 0 amide bonds. The van der Waals surface area contributed by atoms with Crippen molar-refractivity contribution < 1.29 is 0 Å². The van der Waals surface area contributed by atoms with E-state index in [1.165, 1.54) is 65.9 Å². The van der Waals surface area contributed by atoms with Crippen molar-refractivity contribution in [2.45, 2.75) is 12.5 Å². The van der Waals surface area contributed by atoms with Gasteiger partial charge in [-0.15, -0.1) is 0 Å². The summed E-state index contributed by atoms with van der Waals surface area (Å²) in [5.74, 6) is 0. The van der Waals surface area contributed by atoms with E-state index in [4.69, 9.17) is 0 Å². The first kappa shape index (κ1) is 31.8. The summed E-state index contributed by atoms with van der Waals surface area (Å²) in [6, 6.07) is 68.7. The van der Waals surface area contributed by atoms with Gasteiger partial charge in [0.2, 0.25) is 0 Å². The van der Waals surface area contributed by atoms with E-state index in [0.29, 0.717) is 0 Å². The van der Waals surface area contributed by atoms with Gasteiger partial charge in [0.15, 0.2) is 0 Å². The molecule has 0 saturated carbocycles. The molecule has 0 aromatic heterocycles. The first-order valence-electron chi connectivity index (χ1n) is 18.8. The largest absolute Gasteiger partial charge is 0.334 e. The second kappa shape index (κ2) is 13.6. The van der Waals surface area contributed by atoms with Gasteiger partial charge in [-0.1, -0.05) is 164 Å². The molecule has 0 fully saturated rings. The molecule has 0 saturated heterocycles. The van der Waals surface area contributed by atoms with E-state index >= 15 is 0 Å². The van der Waals surface area contributed by atoms with Gasteiger partial charge in [0, 0.05) is 33.5 Å². The van der Waals surface area contributed by atoms with Crippen LogP contribution in [0.2, 0.25) is 0 Å². The first-order chi connectivity index (χ1) is 26.8. The van der Waals surface area contributed by atoms with Crippen LogP contribution in [0.15, 0.2) is 212 Å². The summed E-state index contributed by atoms with van der Waals surface area (Å²) >= 11 is 0. The highest BCUT2D eigenvalue weighted by molar-refractivity contribution is 6.28. The smallest absolute Gasteiger partial charge is 0.0560 e. The molecule has 9 aromatic carbocycles. The third-order valence-electron chi connectivity index (χ3n) is 10.9. The lowest BCUT2D eigenvalue weighted by atomic mass is 9.91. The minimum absolute atomic E-state index is 0.194. The minimum Gasteiger partial charge on any atom is -0.334 e. The van der Waals surface area contributed by atoms with Crippen LogP contribution in [0.3, 0.4) is 0 Å². The Kier molecular flexibility index (Phi) is 8.00. The molecule has 256 valence electrons. The number of benzene rings is 9. The molecule has 1 aliphatic carbocycles. The second-order valence-corrected chi connectivity index (χ2v) is 14.1. The average molecular weight is 691 g/mol. The number of para-hydroxylation sites is 1. The van der Waals surface area contributed by atoms with Gasteiger partial charge in [-0.05, 0) is 98.8 Å². The van der Waals surface area contributed by atoms with Crippen LogP contribution in [-0.4, -0.2) is 6.04 Å². The highest BCUT2D eigenvalue weighted by atomic mass is 15.2. The molecule has 0 aliphatic heterocycles. The summed E-state index contributed by atoms with van der Waals surface area (Å²) < 4.78 is 0. The van der Waals surface area contributed by atoms with Gasteiger partial charge >= 0.3 is 0 Å². The van der Waals surface area contributed by atoms with Gasteiger partial charge in [0.25, 0.3) is 0 Å². The molecule has 2 heteroatoms. The number of allylic oxidation sites excluding steroid dienone is 2. The number of hydrogen-bond acceptors (Lipinski definition) is 2. The SMILES string of the molecule is C1=CCC(N(c2ccc(-c3ccccc3)cc2)c2ccc3ccc4c(N(c5ccccc5)c5ccc(-c6ccccc6)cc5)ccc5ccc2c3c54)C=C1. The van der Waals surface area contributed by atoms with Gasteiger partial charge in [-0.2, -0.15) is 0 Å². The fourth-order valence-electron chi connectivity index (χ4n) is 8.33. The molecule has 9 aromatic rings. The van der Waals surface area contributed by atoms with E-state index in [1.54, 1.807) is 0 Å². The maximum Gasteiger partial charge on any atom is 0.0560 e. The minimum atomic E-state index is 0.194. The molecule has 0 bridgehead atoms. The lowest BCUT2D eigenvalue weighted by molar-refractivity contribution is 0.787. The fourth-order valence-corrected chi connectivity index (χ4v) is 8.33. The molecule has 2 nitrogen and oxygen atoms in total. The van der Waals surface area contributed by atoms with E-state index in [2.05, 4.69) is 222 Å². The van der Waals surface area contributed by atoms with Gasteiger partial charge in [0.05, 0.1) is 11.7 Å². The molecule has 0 N–H and O–H groups in total. The Morgan fingerprint density at radius 3 is 1.39 bits per heavy atom. The van der Waals surface area contributed by atoms with Crippen LogP contribution in [0.4, 0.5) is 28.4 Å². The zero-order chi connectivity index (χ0) is 35.8. The normalized spacial score (nSPS) is 13.9. The maximum atomic E-state index is 2.53. The van der Waals surface area contributed by atoms with Gasteiger partial charge in [-0.25, -0.2) is 0 Å². The Morgan fingerprint density at radius 2 is 0.833 bits per heavy atom. The summed E-state index contributed by atoms with van der Waals surface area (Å²) in [5.41, 5.74) is 10.7. The van der Waals surface area contributed by atoms with Crippen LogP contribution in [0.25, 0.3) is 54.6 Å². The topological polar surface area (TPSA) is 6.48 Å². The third kappa shape index (κ3) is 5.60. The maximum absolute atomic E-state index is 2.53. The van der Waals surface area contributed by atoms with Crippen LogP contribution < -0.4 is 9.80 Å². The van der Waals surface area contributed by atoms with Gasteiger partial charge in [0.1, 0.15) is 0 Å². The molecule has 1 aliphatic rings. The van der Waals surface area contributed by atoms with Crippen molar-refractivity contribution in [3.8, 4) is 22.3 Å². The summed E-state index contributed by atoms with van der Waals surface area (Å²) in [6.45, 7) is 0. The Hall–Kier alpha value is -6.90. The molecule has 1 unspecified atom stereocenters. The van der Waals surface area contributed by atoms with Crippen LogP contribution in [-0.2, 0) is 0 Å². The first-order valence-corrected chi connectivity index (χ1v) is 18.8. The summed E-state index contributed by atoms with van der Waals surface area (Å²) in [5, 5.41) is 7.59. The van der Waals surface area contributed by atoms with Crippen molar-refractivity contribution in [1.29, 1.82) is 0 Å². The lowest BCUT2D eigenvalue weighted by Gasteiger charge is -2.34. The molecule has 0 spiro atoms. The van der Waals surface area contributed by atoms with Gasteiger partial charge in [-0.3, -0.25) is 0 Å². The van der Waals surface area contributed by atoms with Crippen LogP contribution in [0, 0.1) is 0 Å². The zero-order valence-corrected chi connectivity index (χ0v) is 29.9.